The number of benzene rings is 1. The van der Waals surface area contributed by atoms with Crippen LogP contribution < -0.4 is 4.74 Å². The largest absolute Gasteiger partial charge is 0.426 e. The Bertz CT molecular complexity index is 832. The van der Waals surface area contributed by atoms with Crippen molar-refractivity contribution >= 4 is 5.97 Å². The first-order valence-electron chi connectivity index (χ1n) is 14.4. The molecule has 0 aliphatic carbocycles. The van der Waals surface area contributed by atoms with Gasteiger partial charge in [0.1, 0.15) is 5.75 Å². The summed E-state index contributed by atoms with van der Waals surface area (Å²) >= 11 is 0. The van der Waals surface area contributed by atoms with Gasteiger partial charge in [-0.25, -0.2) is 0 Å². The van der Waals surface area contributed by atoms with Crippen LogP contribution >= 0.6 is 0 Å². The normalized spacial score (nSPS) is 12.0. The summed E-state index contributed by atoms with van der Waals surface area (Å²) in [4.78, 5) is 17.0. The molecule has 1 aromatic carbocycles. The first kappa shape index (κ1) is 29.1. The van der Waals surface area contributed by atoms with E-state index in [9.17, 15) is 4.79 Å². The van der Waals surface area contributed by atoms with Gasteiger partial charge in [0.15, 0.2) is 0 Å². The number of aryl methyl sites for hydroxylation is 1. The molecule has 0 radical (unpaired) electrons. The topological polar surface area (TPSA) is 39.2 Å². The Kier molecular flexibility index (Phi) is 15.1. The number of nitrogens with zero attached hydrogens (tertiary/aromatic N) is 1. The van der Waals surface area contributed by atoms with Crippen molar-refractivity contribution in [3.05, 3.63) is 48.2 Å². The monoisotopic (exact) mass is 479 g/mol. The molecule has 35 heavy (non-hydrogen) atoms. The number of pyridine rings is 1. The number of carbonyl (C=O) groups excluding carboxylic acids is 1. The molecule has 1 unspecified atom stereocenters. The van der Waals surface area contributed by atoms with Gasteiger partial charge in [-0.2, -0.15) is 0 Å². The van der Waals surface area contributed by atoms with Crippen LogP contribution in [-0.4, -0.2) is 11.0 Å². The van der Waals surface area contributed by atoms with Crippen molar-refractivity contribution in [3.8, 4) is 17.0 Å². The van der Waals surface area contributed by atoms with E-state index in [1.807, 2.05) is 30.5 Å². The van der Waals surface area contributed by atoms with E-state index < -0.39 is 0 Å². The van der Waals surface area contributed by atoms with Gasteiger partial charge >= 0.3 is 5.97 Å². The number of ether oxygens (including phenoxy) is 1. The summed E-state index contributed by atoms with van der Waals surface area (Å²) in [7, 11) is 0. The van der Waals surface area contributed by atoms with Gasteiger partial charge in [-0.05, 0) is 55.0 Å². The number of rotatable bonds is 19. The summed E-state index contributed by atoms with van der Waals surface area (Å²) in [5.74, 6) is 1.19. The highest BCUT2D eigenvalue weighted by atomic mass is 16.5. The predicted octanol–water partition coefficient (Wildman–Crippen LogP) is 9.72. The Morgan fingerprint density at radius 1 is 0.857 bits per heavy atom. The minimum Gasteiger partial charge on any atom is -0.426 e. The molecular weight excluding hydrogens is 430 g/mol. The molecule has 3 heteroatoms. The van der Waals surface area contributed by atoms with Crippen molar-refractivity contribution in [2.75, 3.05) is 0 Å². The lowest BCUT2D eigenvalue weighted by molar-refractivity contribution is -0.134. The van der Waals surface area contributed by atoms with Gasteiger partial charge in [-0.3, -0.25) is 9.78 Å². The molecule has 0 spiro atoms. The van der Waals surface area contributed by atoms with Gasteiger partial charge in [0.2, 0.25) is 0 Å². The van der Waals surface area contributed by atoms with Gasteiger partial charge in [0, 0.05) is 18.2 Å². The maximum Gasteiger partial charge on any atom is 0.311 e. The molecule has 194 valence electrons. The van der Waals surface area contributed by atoms with Crippen molar-refractivity contribution in [2.24, 2.45) is 5.92 Å². The maximum absolute atomic E-state index is 12.4. The molecule has 2 aromatic rings. The zero-order valence-electron chi connectivity index (χ0n) is 22.7. The highest BCUT2D eigenvalue weighted by Gasteiger charge is 2.12. The highest BCUT2D eigenvalue weighted by Crippen LogP contribution is 2.29. The number of unbranched alkanes of at least 4 members (excludes halogenated alkanes) is 10. The third-order valence-corrected chi connectivity index (χ3v) is 7.05. The number of aromatic nitrogens is 1. The molecule has 1 atom stereocenters. The number of hydrogen-bond acceptors (Lipinski definition) is 3. The lowest BCUT2D eigenvalue weighted by atomic mass is 10.0. The summed E-state index contributed by atoms with van der Waals surface area (Å²) in [6, 6.07) is 12.1. The lowest BCUT2D eigenvalue weighted by Gasteiger charge is -2.11. The smallest absolute Gasteiger partial charge is 0.311 e. The molecule has 0 fully saturated rings. The van der Waals surface area contributed by atoms with Crippen LogP contribution in [-0.2, 0) is 11.2 Å². The molecule has 0 aliphatic rings. The number of esters is 1. The van der Waals surface area contributed by atoms with Gasteiger partial charge in [-0.1, -0.05) is 110 Å². The van der Waals surface area contributed by atoms with Crippen LogP contribution in [0.4, 0.5) is 0 Å². The average molecular weight is 480 g/mol. The van der Waals surface area contributed by atoms with Gasteiger partial charge < -0.3 is 4.74 Å². The second-order valence-corrected chi connectivity index (χ2v) is 10.2. The molecule has 2 rings (SSSR count). The molecule has 1 heterocycles. The highest BCUT2D eigenvalue weighted by molar-refractivity contribution is 5.77. The molecule has 0 N–H and O–H groups in total. The van der Waals surface area contributed by atoms with Gasteiger partial charge in [-0.15, -0.1) is 0 Å². The Hall–Kier alpha value is -2.16. The SMILES string of the molecule is CCCCCCCCCCCCc1ccnc(-c2ccccc2OC(=O)CCCCC(C)CC)c1. The second-order valence-electron chi connectivity index (χ2n) is 10.2. The fraction of sp³-hybridized carbons (Fsp3) is 0.625. The van der Waals surface area contributed by atoms with Crippen LogP contribution in [0.1, 0.15) is 123 Å². The quantitative estimate of drug-likeness (QED) is 0.114. The molecule has 0 amide bonds. The molecule has 0 aliphatic heterocycles. The molecule has 1 aromatic heterocycles. The number of hydrogen-bond donors (Lipinski definition) is 0. The van der Waals surface area contributed by atoms with Crippen molar-refractivity contribution < 1.29 is 9.53 Å². The molecular formula is C32H49NO2. The predicted molar refractivity (Wildman–Crippen MR) is 149 cm³/mol. The summed E-state index contributed by atoms with van der Waals surface area (Å²) in [6.07, 6.45) is 21.3. The minimum atomic E-state index is -0.150. The third-order valence-electron chi connectivity index (χ3n) is 7.05. The zero-order chi connectivity index (χ0) is 25.1. The summed E-state index contributed by atoms with van der Waals surface area (Å²) in [5.41, 5.74) is 3.08. The Morgan fingerprint density at radius 2 is 1.54 bits per heavy atom. The zero-order valence-corrected chi connectivity index (χ0v) is 22.7. The van der Waals surface area contributed by atoms with Crippen LogP contribution in [0.2, 0.25) is 0 Å². The van der Waals surface area contributed by atoms with E-state index >= 15 is 0 Å². The fourth-order valence-electron chi connectivity index (χ4n) is 4.50. The van der Waals surface area contributed by atoms with Crippen molar-refractivity contribution in [1.29, 1.82) is 0 Å². The summed E-state index contributed by atoms with van der Waals surface area (Å²) in [6.45, 7) is 6.76. The number of para-hydroxylation sites is 1. The van der Waals surface area contributed by atoms with Crippen LogP contribution in [0.15, 0.2) is 42.6 Å². The molecule has 0 saturated heterocycles. The van der Waals surface area contributed by atoms with Crippen molar-refractivity contribution in [3.63, 3.8) is 0 Å². The lowest BCUT2D eigenvalue weighted by Crippen LogP contribution is -2.08. The van der Waals surface area contributed by atoms with Crippen molar-refractivity contribution in [1.82, 2.24) is 4.98 Å². The van der Waals surface area contributed by atoms with E-state index in [-0.39, 0.29) is 5.97 Å². The van der Waals surface area contributed by atoms with E-state index in [0.29, 0.717) is 12.2 Å². The van der Waals surface area contributed by atoms with Crippen molar-refractivity contribution in [2.45, 2.75) is 124 Å². The summed E-state index contributed by atoms with van der Waals surface area (Å²) < 4.78 is 5.76. The van der Waals surface area contributed by atoms with E-state index in [1.54, 1.807) is 0 Å². The Labute approximate surface area is 215 Å². The van der Waals surface area contributed by atoms with E-state index in [2.05, 4.69) is 37.9 Å². The molecule has 3 nitrogen and oxygen atoms in total. The molecule has 0 bridgehead atoms. The van der Waals surface area contributed by atoms with Gasteiger partial charge in [0.25, 0.3) is 0 Å². The Morgan fingerprint density at radius 3 is 2.26 bits per heavy atom. The van der Waals surface area contributed by atoms with Crippen LogP contribution in [0, 0.1) is 5.92 Å². The van der Waals surface area contributed by atoms with E-state index in [0.717, 1.165) is 36.4 Å². The first-order valence-corrected chi connectivity index (χ1v) is 14.4. The van der Waals surface area contributed by atoms with Crippen LogP contribution in [0.25, 0.3) is 11.3 Å². The average Bonchev–Trinajstić information content (AvgIpc) is 2.88. The summed E-state index contributed by atoms with van der Waals surface area (Å²) in [5, 5.41) is 0. The van der Waals surface area contributed by atoms with E-state index in [4.69, 9.17) is 4.74 Å². The standard InChI is InChI=1S/C32H49NO2/c1-4-6-7-8-9-10-11-12-13-14-20-28-24-25-33-30(26-28)29-21-16-17-22-31(29)35-32(34)23-18-15-19-27(3)5-2/h16-17,21-22,24-27H,4-15,18-20,23H2,1-3H3. The second kappa shape index (κ2) is 18.2. The number of carbonyl (C=O) groups is 1. The third kappa shape index (κ3) is 12.4. The molecule has 0 saturated carbocycles. The van der Waals surface area contributed by atoms with Crippen LogP contribution in [0.5, 0.6) is 5.75 Å². The Balaban J connectivity index is 1.78. The maximum atomic E-state index is 12.4. The van der Waals surface area contributed by atoms with Crippen LogP contribution in [0.3, 0.4) is 0 Å². The van der Waals surface area contributed by atoms with Gasteiger partial charge in [0.05, 0.1) is 5.69 Å². The first-order chi connectivity index (χ1) is 17.1. The fourth-order valence-corrected chi connectivity index (χ4v) is 4.50. The minimum absolute atomic E-state index is 0.150. The van der Waals surface area contributed by atoms with E-state index in [1.165, 1.54) is 82.6 Å².